The van der Waals surface area contributed by atoms with E-state index in [2.05, 4.69) is 24.2 Å². The number of rotatable bonds is 6. The lowest BCUT2D eigenvalue weighted by Crippen LogP contribution is -2.30. The van der Waals surface area contributed by atoms with E-state index in [0.29, 0.717) is 18.1 Å². The molecule has 20 heavy (non-hydrogen) atoms. The minimum Gasteiger partial charge on any atom is -0.301 e. The summed E-state index contributed by atoms with van der Waals surface area (Å²) in [5.41, 5.74) is 4.37. The molecule has 1 amide bonds. The second-order valence-corrected chi connectivity index (χ2v) is 5.61. The van der Waals surface area contributed by atoms with E-state index < -0.39 is 0 Å². The van der Waals surface area contributed by atoms with Crippen LogP contribution in [0.3, 0.4) is 0 Å². The summed E-state index contributed by atoms with van der Waals surface area (Å²) < 4.78 is 0. The maximum absolute atomic E-state index is 11.9. The maximum Gasteiger partial charge on any atom is 0.274 e. The predicted octanol–water partition coefficient (Wildman–Crippen LogP) is 2.57. The zero-order chi connectivity index (χ0) is 14.4. The lowest BCUT2D eigenvalue weighted by Gasteiger charge is -2.14. The van der Waals surface area contributed by atoms with Crippen LogP contribution >= 0.6 is 0 Å². The standard InChI is InChI=1S/C16H24N2O2/c1-13(2)14-5-7-15(8-6-14)16(19)17-20-12-11-18-9-3-4-10-18/h5-8,13H,3-4,9-12H2,1-2H3,(H,17,19). The summed E-state index contributed by atoms with van der Waals surface area (Å²) in [6.07, 6.45) is 2.54. The van der Waals surface area contributed by atoms with Gasteiger partial charge in [0.25, 0.3) is 5.91 Å². The second-order valence-electron chi connectivity index (χ2n) is 5.61. The van der Waals surface area contributed by atoms with Crippen LogP contribution in [0.2, 0.25) is 0 Å². The Morgan fingerprint density at radius 3 is 2.50 bits per heavy atom. The van der Waals surface area contributed by atoms with Crippen molar-refractivity contribution in [2.75, 3.05) is 26.2 Å². The Kier molecular flexibility index (Phi) is 5.56. The van der Waals surface area contributed by atoms with E-state index in [-0.39, 0.29) is 5.91 Å². The fourth-order valence-electron chi connectivity index (χ4n) is 2.38. The minimum absolute atomic E-state index is 0.179. The molecule has 1 saturated heterocycles. The number of amides is 1. The first-order valence-electron chi connectivity index (χ1n) is 7.41. The largest absolute Gasteiger partial charge is 0.301 e. The fraction of sp³-hybridized carbons (Fsp3) is 0.562. The number of carbonyl (C=O) groups excluding carboxylic acids is 1. The third-order valence-electron chi connectivity index (χ3n) is 3.71. The lowest BCUT2D eigenvalue weighted by molar-refractivity contribution is 0.0244. The van der Waals surface area contributed by atoms with Crippen molar-refractivity contribution in [3.05, 3.63) is 35.4 Å². The highest BCUT2D eigenvalue weighted by molar-refractivity contribution is 5.93. The first-order valence-corrected chi connectivity index (χ1v) is 7.41. The van der Waals surface area contributed by atoms with Gasteiger partial charge < -0.3 is 4.90 Å². The molecule has 1 N–H and O–H groups in total. The number of hydrogen-bond donors (Lipinski definition) is 1. The Morgan fingerprint density at radius 2 is 1.90 bits per heavy atom. The molecule has 1 aromatic rings. The van der Waals surface area contributed by atoms with Gasteiger partial charge in [-0.3, -0.25) is 9.63 Å². The Morgan fingerprint density at radius 1 is 1.25 bits per heavy atom. The molecule has 110 valence electrons. The van der Waals surface area contributed by atoms with Crippen LogP contribution < -0.4 is 5.48 Å². The summed E-state index contributed by atoms with van der Waals surface area (Å²) in [6.45, 7) is 7.98. The molecule has 0 spiro atoms. The van der Waals surface area contributed by atoms with Crippen LogP contribution in [0.4, 0.5) is 0 Å². The first kappa shape index (κ1) is 15.0. The molecule has 1 aromatic carbocycles. The van der Waals surface area contributed by atoms with Gasteiger partial charge in [-0.2, -0.15) is 0 Å². The first-order chi connectivity index (χ1) is 9.66. The van der Waals surface area contributed by atoms with Crippen LogP contribution in [0, 0.1) is 0 Å². The number of benzene rings is 1. The number of carbonyl (C=O) groups is 1. The lowest BCUT2D eigenvalue weighted by atomic mass is 10.0. The zero-order valence-corrected chi connectivity index (χ0v) is 12.4. The van der Waals surface area contributed by atoms with Crippen molar-refractivity contribution in [2.24, 2.45) is 0 Å². The molecule has 1 aliphatic rings. The molecule has 0 unspecified atom stereocenters. The molecule has 0 saturated carbocycles. The Bertz CT molecular complexity index is 423. The molecule has 4 heteroatoms. The van der Waals surface area contributed by atoms with Gasteiger partial charge in [0.2, 0.25) is 0 Å². The van der Waals surface area contributed by atoms with Crippen molar-refractivity contribution < 1.29 is 9.63 Å². The summed E-state index contributed by atoms with van der Waals surface area (Å²) in [6, 6.07) is 7.66. The van der Waals surface area contributed by atoms with Gasteiger partial charge in [0.15, 0.2) is 0 Å². The van der Waals surface area contributed by atoms with E-state index >= 15 is 0 Å². The number of likely N-dealkylation sites (tertiary alicyclic amines) is 1. The van der Waals surface area contributed by atoms with E-state index in [4.69, 9.17) is 4.84 Å². The number of nitrogens with zero attached hydrogens (tertiary/aromatic N) is 1. The van der Waals surface area contributed by atoms with Gasteiger partial charge in [-0.05, 0) is 49.5 Å². The number of nitrogens with one attached hydrogen (secondary N) is 1. The van der Waals surface area contributed by atoms with Crippen LogP contribution in [-0.2, 0) is 4.84 Å². The smallest absolute Gasteiger partial charge is 0.274 e. The monoisotopic (exact) mass is 276 g/mol. The predicted molar refractivity (Wildman–Crippen MR) is 79.6 cm³/mol. The van der Waals surface area contributed by atoms with Crippen LogP contribution in [0.15, 0.2) is 24.3 Å². The third-order valence-corrected chi connectivity index (χ3v) is 3.71. The van der Waals surface area contributed by atoms with Gasteiger partial charge >= 0.3 is 0 Å². The molecule has 0 atom stereocenters. The molecule has 2 rings (SSSR count). The maximum atomic E-state index is 11.9. The second kappa shape index (κ2) is 7.41. The highest BCUT2D eigenvalue weighted by Gasteiger charge is 2.11. The molecule has 0 aliphatic carbocycles. The van der Waals surface area contributed by atoms with Crippen molar-refractivity contribution >= 4 is 5.91 Å². The van der Waals surface area contributed by atoms with E-state index in [1.807, 2.05) is 24.3 Å². The topological polar surface area (TPSA) is 41.6 Å². The Labute approximate surface area is 121 Å². The molecule has 0 aromatic heterocycles. The summed E-state index contributed by atoms with van der Waals surface area (Å²) >= 11 is 0. The molecule has 1 fully saturated rings. The SMILES string of the molecule is CC(C)c1ccc(C(=O)NOCCN2CCCC2)cc1. The average Bonchev–Trinajstić information content (AvgIpc) is 2.96. The van der Waals surface area contributed by atoms with Gasteiger partial charge in [-0.1, -0.05) is 26.0 Å². The summed E-state index contributed by atoms with van der Waals surface area (Å²) in [5, 5.41) is 0. The van der Waals surface area contributed by atoms with Crippen molar-refractivity contribution in [2.45, 2.75) is 32.6 Å². The Balaban J connectivity index is 1.71. The van der Waals surface area contributed by atoms with Crippen molar-refractivity contribution in [3.63, 3.8) is 0 Å². The highest BCUT2D eigenvalue weighted by atomic mass is 16.6. The van der Waals surface area contributed by atoms with Crippen molar-refractivity contribution in [1.29, 1.82) is 0 Å². The average molecular weight is 276 g/mol. The fourth-order valence-corrected chi connectivity index (χ4v) is 2.38. The zero-order valence-electron chi connectivity index (χ0n) is 12.4. The van der Waals surface area contributed by atoms with Crippen molar-refractivity contribution in [1.82, 2.24) is 10.4 Å². The summed E-state index contributed by atoms with van der Waals surface area (Å²) in [5.74, 6) is 0.297. The van der Waals surface area contributed by atoms with Gasteiger partial charge in [0, 0.05) is 12.1 Å². The molecular weight excluding hydrogens is 252 g/mol. The van der Waals surface area contributed by atoms with E-state index in [1.54, 1.807) is 0 Å². The quantitative estimate of drug-likeness (QED) is 0.641. The molecular formula is C16H24N2O2. The van der Waals surface area contributed by atoms with Crippen LogP contribution in [-0.4, -0.2) is 37.0 Å². The van der Waals surface area contributed by atoms with Crippen LogP contribution in [0.1, 0.15) is 48.5 Å². The van der Waals surface area contributed by atoms with Gasteiger partial charge in [-0.25, -0.2) is 5.48 Å². The summed E-state index contributed by atoms with van der Waals surface area (Å²) in [7, 11) is 0. The van der Waals surface area contributed by atoms with Gasteiger partial charge in [0.1, 0.15) is 0 Å². The van der Waals surface area contributed by atoms with Crippen LogP contribution in [0.5, 0.6) is 0 Å². The minimum atomic E-state index is -0.179. The molecule has 4 nitrogen and oxygen atoms in total. The van der Waals surface area contributed by atoms with Crippen LogP contribution in [0.25, 0.3) is 0 Å². The van der Waals surface area contributed by atoms with Gasteiger partial charge in [-0.15, -0.1) is 0 Å². The normalized spacial score (nSPS) is 15.8. The molecule has 1 aliphatic heterocycles. The summed E-state index contributed by atoms with van der Waals surface area (Å²) in [4.78, 5) is 19.5. The molecule has 0 bridgehead atoms. The number of hydrogen-bond acceptors (Lipinski definition) is 3. The van der Waals surface area contributed by atoms with E-state index in [0.717, 1.165) is 19.6 Å². The Hall–Kier alpha value is -1.39. The van der Waals surface area contributed by atoms with Gasteiger partial charge in [0.05, 0.1) is 6.61 Å². The number of hydroxylamine groups is 1. The third kappa shape index (κ3) is 4.32. The van der Waals surface area contributed by atoms with E-state index in [1.165, 1.54) is 18.4 Å². The van der Waals surface area contributed by atoms with E-state index in [9.17, 15) is 4.79 Å². The van der Waals surface area contributed by atoms with Crippen molar-refractivity contribution in [3.8, 4) is 0 Å². The highest BCUT2D eigenvalue weighted by Crippen LogP contribution is 2.14. The molecule has 0 radical (unpaired) electrons. The molecule has 1 heterocycles.